The molecule has 142 valence electrons. The van der Waals surface area contributed by atoms with Crippen LogP contribution in [0.1, 0.15) is 11.1 Å². The van der Waals surface area contributed by atoms with E-state index in [4.69, 9.17) is 4.74 Å². The van der Waals surface area contributed by atoms with Crippen molar-refractivity contribution in [1.82, 2.24) is 10.6 Å². The number of hydrogen-bond acceptors (Lipinski definition) is 2. The Labute approximate surface area is 167 Å². The third-order valence-electron chi connectivity index (χ3n) is 3.34. The molecule has 8 heteroatoms. The molecule has 0 atom stereocenters. The Bertz CT molecular complexity index is 694. The highest BCUT2D eigenvalue weighted by molar-refractivity contribution is 14.0. The zero-order valence-electron chi connectivity index (χ0n) is 14.2. The summed E-state index contributed by atoms with van der Waals surface area (Å²) >= 11 is 0. The molecule has 2 aromatic rings. The van der Waals surface area contributed by atoms with Gasteiger partial charge in [0.15, 0.2) is 5.96 Å². The van der Waals surface area contributed by atoms with Gasteiger partial charge in [0, 0.05) is 13.6 Å². The van der Waals surface area contributed by atoms with Crippen molar-refractivity contribution in [2.75, 3.05) is 20.2 Å². The molecule has 2 rings (SSSR count). The molecule has 0 unspecified atom stereocenters. The summed E-state index contributed by atoms with van der Waals surface area (Å²) in [6.07, 6.45) is -4.34. The first kappa shape index (κ1) is 22.1. The van der Waals surface area contributed by atoms with Gasteiger partial charge >= 0.3 is 6.18 Å². The molecule has 26 heavy (non-hydrogen) atoms. The predicted molar refractivity (Wildman–Crippen MR) is 107 cm³/mol. The van der Waals surface area contributed by atoms with Crippen LogP contribution < -0.4 is 15.4 Å². The largest absolute Gasteiger partial charge is 0.492 e. The van der Waals surface area contributed by atoms with Gasteiger partial charge in [0.1, 0.15) is 12.4 Å². The van der Waals surface area contributed by atoms with Crippen molar-refractivity contribution in [3.8, 4) is 5.75 Å². The quantitative estimate of drug-likeness (QED) is 0.284. The molecule has 4 nitrogen and oxygen atoms in total. The normalized spacial score (nSPS) is 11.5. The van der Waals surface area contributed by atoms with E-state index in [0.29, 0.717) is 24.7 Å². The molecule has 0 bridgehead atoms. The maximum absolute atomic E-state index is 12.7. The first-order valence-corrected chi connectivity index (χ1v) is 7.77. The summed E-state index contributed by atoms with van der Waals surface area (Å²) in [6, 6.07) is 14.6. The summed E-state index contributed by atoms with van der Waals surface area (Å²) in [4.78, 5) is 4.04. The van der Waals surface area contributed by atoms with Gasteiger partial charge in [-0.2, -0.15) is 13.2 Å². The smallest absolute Gasteiger partial charge is 0.416 e. The Balaban J connectivity index is 0.00000338. The lowest BCUT2D eigenvalue weighted by atomic mass is 10.1. The van der Waals surface area contributed by atoms with Crippen LogP contribution in [0.15, 0.2) is 59.6 Å². The molecule has 0 amide bonds. The van der Waals surface area contributed by atoms with Crippen molar-refractivity contribution >= 4 is 29.9 Å². The van der Waals surface area contributed by atoms with E-state index in [1.807, 2.05) is 30.3 Å². The monoisotopic (exact) mass is 479 g/mol. The van der Waals surface area contributed by atoms with Crippen molar-refractivity contribution in [2.45, 2.75) is 12.7 Å². The van der Waals surface area contributed by atoms with Gasteiger partial charge in [0.05, 0.1) is 12.1 Å². The van der Waals surface area contributed by atoms with Crippen LogP contribution in [0.25, 0.3) is 0 Å². The molecule has 0 radical (unpaired) electrons. The number of alkyl halides is 3. The number of guanidine groups is 1. The van der Waals surface area contributed by atoms with Crippen LogP contribution in [0.3, 0.4) is 0 Å². The number of rotatable bonds is 6. The molecule has 0 heterocycles. The maximum atomic E-state index is 12.7. The topological polar surface area (TPSA) is 45.7 Å². The van der Waals surface area contributed by atoms with E-state index in [-0.39, 0.29) is 30.5 Å². The van der Waals surface area contributed by atoms with E-state index in [0.717, 1.165) is 17.9 Å². The fourth-order valence-electron chi connectivity index (χ4n) is 2.12. The van der Waals surface area contributed by atoms with Crippen molar-refractivity contribution in [2.24, 2.45) is 4.99 Å². The van der Waals surface area contributed by atoms with E-state index in [1.54, 1.807) is 13.1 Å². The average molecular weight is 479 g/mol. The first-order chi connectivity index (χ1) is 12.0. The van der Waals surface area contributed by atoms with Gasteiger partial charge in [-0.15, -0.1) is 24.0 Å². The fourth-order valence-corrected chi connectivity index (χ4v) is 2.12. The van der Waals surface area contributed by atoms with Crippen LogP contribution in [0.4, 0.5) is 13.2 Å². The second kappa shape index (κ2) is 10.9. The van der Waals surface area contributed by atoms with E-state index < -0.39 is 11.7 Å². The lowest BCUT2D eigenvalue weighted by Crippen LogP contribution is -2.38. The van der Waals surface area contributed by atoms with Crippen LogP contribution in [0.2, 0.25) is 0 Å². The lowest BCUT2D eigenvalue weighted by molar-refractivity contribution is -0.137. The van der Waals surface area contributed by atoms with Crippen LogP contribution in [0.5, 0.6) is 5.75 Å². The Morgan fingerprint density at radius 2 is 1.77 bits per heavy atom. The Morgan fingerprint density at radius 3 is 2.42 bits per heavy atom. The number of hydrogen-bond donors (Lipinski definition) is 2. The minimum atomic E-state index is -4.34. The minimum absolute atomic E-state index is 0. The zero-order chi connectivity index (χ0) is 18.1. The predicted octanol–water partition coefficient (Wildman–Crippen LogP) is 4.07. The minimum Gasteiger partial charge on any atom is -0.492 e. The summed E-state index contributed by atoms with van der Waals surface area (Å²) in [5, 5.41) is 6.03. The summed E-state index contributed by atoms with van der Waals surface area (Å²) in [5.41, 5.74) is -0.135. The molecule has 0 aliphatic rings. The number of aliphatic imine (C=N–C) groups is 1. The van der Waals surface area contributed by atoms with E-state index in [2.05, 4.69) is 15.6 Å². The Kier molecular flexibility index (Phi) is 9.25. The van der Waals surface area contributed by atoms with Gasteiger partial charge in [-0.3, -0.25) is 4.99 Å². The summed E-state index contributed by atoms with van der Waals surface area (Å²) in [5.74, 6) is 1.27. The third kappa shape index (κ3) is 7.51. The van der Waals surface area contributed by atoms with Crippen molar-refractivity contribution < 1.29 is 17.9 Å². The van der Waals surface area contributed by atoms with E-state index in [9.17, 15) is 13.2 Å². The van der Waals surface area contributed by atoms with Crippen molar-refractivity contribution in [3.63, 3.8) is 0 Å². The Morgan fingerprint density at radius 1 is 1.04 bits per heavy atom. The summed E-state index contributed by atoms with van der Waals surface area (Å²) in [6.45, 7) is 1.19. The Hall–Kier alpha value is -1.97. The highest BCUT2D eigenvalue weighted by Gasteiger charge is 2.30. The molecule has 2 aromatic carbocycles. The number of halogens is 4. The highest BCUT2D eigenvalue weighted by atomic mass is 127. The molecule has 0 spiro atoms. The second-order valence-corrected chi connectivity index (χ2v) is 5.21. The standard InChI is InChI=1S/C18H20F3N3O.HI/c1-22-17(23-10-11-25-16-8-3-2-4-9-16)24-13-14-6-5-7-15(12-14)18(19,20)21;/h2-9,12H,10-11,13H2,1H3,(H2,22,23,24);1H. The van der Waals surface area contributed by atoms with Crippen LogP contribution >= 0.6 is 24.0 Å². The number of benzene rings is 2. The number of ether oxygens (including phenoxy) is 1. The van der Waals surface area contributed by atoms with Gasteiger partial charge in [0.25, 0.3) is 0 Å². The highest BCUT2D eigenvalue weighted by Crippen LogP contribution is 2.29. The molecular formula is C18H21F3IN3O. The fraction of sp³-hybridized carbons (Fsp3) is 0.278. The summed E-state index contributed by atoms with van der Waals surface area (Å²) < 4.78 is 43.7. The third-order valence-corrected chi connectivity index (χ3v) is 3.34. The van der Waals surface area contributed by atoms with E-state index in [1.165, 1.54) is 6.07 Å². The summed E-state index contributed by atoms with van der Waals surface area (Å²) in [7, 11) is 1.60. The molecule has 2 N–H and O–H groups in total. The molecular weight excluding hydrogens is 458 g/mol. The molecule has 0 aromatic heterocycles. The number of nitrogens with zero attached hydrogens (tertiary/aromatic N) is 1. The zero-order valence-corrected chi connectivity index (χ0v) is 16.5. The number of para-hydroxylation sites is 1. The molecule has 0 aliphatic carbocycles. The van der Waals surface area contributed by atoms with Crippen molar-refractivity contribution in [3.05, 3.63) is 65.7 Å². The van der Waals surface area contributed by atoms with Gasteiger partial charge < -0.3 is 15.4 Å². The van der Waals surface area contributed by atoms with Gasteiger partial charge in [0.2, 0.25) is 0 Å². The number of nitrogens with one attached hydrogen (secondary N) is 2. The second-order valence-electron chi connectivity index (χ2n) is 5.21. The molecule has 0 saturated carbocycles. The first-order valence-electron chi connectivity index (χ1n) is 7.77. The molecule has 0 aliphatic heterocycles. The van der Waals surface area contributed by atoms with Crippen LogP contribution in [-0.4, -0.2) is 26.2 Å². The molecule has 0 saturated heterocycles. The molecule has 0 fully saturated rings. The SMILES string of the molecule is CN=C(NCCOc1ccccc1)NCc1cccc(C(F)(F)F)c1.I. The maximum Gasteiger partial charge on any atom is 0.416 e. The van der Waals surface area contributed by atoms with Crippen LogP contribution in [-0.2, 0) is 12.7 Å². The average Bonchev–Trinajstić information content (AvgIpc) is 2.61. The van der Waals surface area contributed by atoms with E-state index >= 15 is 0 Å². The van der Waals surface area contributed by atoms with Gasteiger partial charge in [-0.1, -0.05) is 30.3 Å². The van der Waals surface area contributed by atoms with Gasteiger partial charge in [-0.05, 0) is 29.8 Å². The van der Waals surface area contributed by atoms with Gasteiger partial charge in [-0.25, -0.2) is 0 Å². The lowest BCUT2D eigenvalue weighted by Gasteiger charge is -2.13. The van der Waals surface area contributed by atoms with Crippen LogP contribution in [0, 0.1) is 0 Å². The van der Waals surface area contributed by atoms with Crippen molar-refractivity contribution in [1.29, 1.82) is 0 Å².